The van der Waals surface area contributed by atoms with E-state index in [0.717, 1.165) is 11.1 Å². The standard InChI is InChI=1S/C25H17Cl2N3O2/c26-18-9-5-16(6-10-18)14-29-24(31)21(13-28)23-20-3-1-2-4-22(20)30(25(23)32)15-17-7-11-19(27)12-8-17/h1-12H,14-15H2,(H,29,31). The van der Waals surface area contributed by atoms with E-state index >= 15 is 0 Å². The largest absolute Gasteiger partial charge is 0.347 e. The third-order valence-electron chi connectivity index (χ3n) is 5.13. The Morgan fingerprint density at radius 3 is 2.12 bits per heavy atom. The molecule has 0 radical (unpaired) electrons. The fourth-order valence-electron chi connectivity index (χ4n) is 3.54. The number of halogens is 2. The van der Waals surface area contributed by atoms with Crippen molar-refractivity contribution in [3.8, 4) is 6.07 Å². The van der Waals surface area contributed by atoms with Crippen LogP contribution in [0.25, 0.3) is 5.57 Å². The Balaban J connectivity index is 1.64. The molecule has 0 saturated carbocycles. The van der Waals surface area contributed by atoms with Crippen LogP contribution in [0.15, 0.2) is 78.4 Å². The number of nitriles is 1. The summed E-state index contributed by atoms with van der Waals surface area (Å²) in [5, 5.41) is 13.7. The minimum absolute atomic E-state index is 0.102. The van der Waals surface area contributed by atoms with Crippen LogP contribution in [0.4, 0.5) is 5.69 Å². The van der Waals surface area contributed by atoms with Gasteiger partial charge in [-0.15, -0.1) is 0 Å². The summed E-state index contributed by atoms with van der Waals surface area (Å²) in [6.07, 6.45) is 0. The van der Waals surface area contributed by atoms with E-state index < -0.39 is 5.91 Å². The monoisotopic (exact) mass is 461 g/mol. The molecule has 0 spiro atoms. The molecule has 0 bridgehead atoms. The Morgan fingerprint density at radius 1 is 0.906 bits per heavy atom. The van der Waals surface area contributed by atoms with Gasteiger partial charge in [0.15, 0.2) is 0 Å². The Hall–Kier alpha value is -3.59. The van der Waals surface area contributed by atoms with Gasteiger partial charge in [0, 0.05) is 22.2 Å². The molecule has 158 valence electrons. The highest BCUT2D eigenvalue weighted by molar-refractivity contribution is 6.37. The van der Waals surface area contributed by atoms with Crippen LogP contribution in [0.2, 0.25) is 10.0 Å². The number of carbonyl (C=O) groups is 2. The summed E-state index contributed by atoms with van der Waals surface area (Å²) in [4.78, 5) is 27.8. The molecule has 1 aliphatic heterocycles. The first-order valence-corrected chi connectivity index (χ1v) is 10.6. The molecule has 0 saturated heterocycles. The zero-order valence-corrected chi connectivity index (χ0v) is 18.3. The number of hydrogen-bond acceptors (Lipinski definition) is 3. The van der Waals surface area contributed by atoms with Crippen LogP contribution in [0.3, 0.4) is 0 Å². The Morgan fingerprint density at radius 2 is 1.50 bits per heavy atom. The quantitative estimate of drug-likeness (QED) is 0.422. The van der Waals surface area contributed by atoms with Gasteiger partial charge in [-0.05, 0) is 41.5 Å². The first-order valence-electron chi connectivity index (χ1n) is 9.80. The molecule has 32 heavy (non-hydrogen) atoms. The first kappa shape index (κ1) is 21.6. The molecule has 1 aliphatic rings. The number of anilines is 1. The SMILES string of the molecule is N#CC(C(=O)NCc1ccc(Cl)cc1)=C1C(=O)N(Cc2ccc(Cl)cc2)c2ccccc21. The number of amides is 2. The van der Waals surface area contributed by atoms with Crippen molar-refractivity contribution in [1.82, 2.24) is 5.32 Å². The van der Waals surface area contributed by atoms with Crippen molar-refractivity contribution < 1.29 is 9.59 Å². The van der Waals surface area contributed by atoms with Crippen LogP contribution in [0.5, 0.6) is 0 Å². The van der Waals surface area contributed by atoms with Crippen LogP contribution in [-0.2, 0) is 22.7 Å². The predicted octanol–water partition coefficient (Wildman–Crippen LogP) is 5.13. The van der Waals surface area contributed by atoms with E-state index in [1.807, 2.05) is 24.3 Å². The third kappa shape index (κ3) is 4.38. The minimum atomic E-state index is -0.603. The second kappa shape index (κ2) is 9.27. The van der Waals surface area contributed by atoms with E-state index in [4.69, 9.17) is 23.2 Å². The highest BCUT2D eigenvalue weighted by Gasteiger charge is 2.36. The molecule has 0 unspecified atom stereocenters. The highest BCUT2D eigenvalue weighted by Crippen LogP contribution is 2.39. The smallest absolute Gasteiger partial charge is 0.263 e. The average Bonchev–Trinajstić information content (AvgIpc) is 3.07. The molecule has 0 fully saturated rings. The number of carbonyl (C=O) groups excluding carboxylic acids is 2. The normalized spacial score (nSPS) is 14.0. The molecule has 1 heterocycles. The van der Waals surface area contributed by atoms with Crippen molar-refractivity contribution in [2.75, 3.05) is 4.90 Å². The zero-order valence-electron chi connectivity index (χ0n) is 16.8. The number of nitrogens with zero attached hydrogens (tertiary/aromatic N) is 2. The Bertz CT molecular complexity index is 1260. The first-order chi connectivity index (χ1) is 15.5. The Labute approximate surface area is 195 Å². The fourth-order valence-corrected chi connectivity index (χ4v) is 3.80. The van der Waals surface area contributed by atoms with Gasteiger partial charge in [0.25, 0.3) is 11.8 Å². The maximum atomic E-state index is 13.3. The molecule has 5 nitrogen and oxygen atoms in total. The molecule has 4 rings (SSSR count). The fraction of sp³-hybridized carbons (Fsp3) is 0.0800. The van der Waals surface area contributed by atoms with Crippen LogP contribution in [-0.4, -0.2) is 11.8 Å². The van der Waals surface area contributed by atoms with Gasteiger partial charge in [0.05, 0.1) is 17.8 Å². The van der Waals surface area contributed by atoms with Gasteiger partial charge in [-0.2, -0.15) is 5.26 Å². The third-order valence-corrected chi connectivity index (χ3v) is 5.64. The van der Waals surface area contributed by atoms with Crippen LogP contribution >= 0.6 is 23.2 Å². The highest BCUT2D eigenvalue weighted by atomic mass is 35.5. The summed E-state index contributed by atoms with van der Waals surface area (Å²) in [5.74, 6) is -0.992. The molecular formula is C25H17Cl2N3O2. The lowest BCUT2D eigenvalue weighted by molar-refractivity contribution is -0.118. The zero-order chi connectivity index (χ0) is 22.7. The molecule has 3 aromatic carbocycles. The number of fused-ring (bicyclic) bond motifs is 1. The summed E-state index contributed by atoms with van der Waals surface area (Å²) in [7, 11) is 0. The van der Waals surface area contributed by atoms with Gasteiger partial charge >= 0.3 is 0 Å². The molecule has 7 heteroatoms. The molecule has 0 aromatic heterocycles. The number of benzene rings is 3. The number of rotatable bonds is 5. The van der Waals surface area contributed by atoms with Gasteiger partial charge in [0.1, 0.15) is 11.6 Å². The maximum absolute atomic E-state index is 13.3. The minimum Gasteiger partial charge on any atom is -0.347 e. The number of hydrogen-bond donors (Lipinski definition) is 1. The summed E-state index contributed by atoms with van der Waals surface area (Å²) in [5.41, 5.74) is 2.81. The number of para-hydroxylation sites is 1. The van der Waals surface area contributed by atoms with Crippen LogP contribution < -0.4 is 10.2 Å². The van der Waals surface area contributed by atoms with Crippen molar-refractivity contribution in [3.05, 3.63) is 105 Å². The lowest BCUT2D eigenvalue weighted by atomic mass is 10.0. The lowest BCUT2D eigenvalue weighted by Crippen LogP contribution is -2.29. The lowest BCUT2D eigenvalue weighted by Gasteiger charge is -2.17. The molecule has 3 aromatic rings. The van der Waals surface area contributed by atoms with E-state index in [9.17, 15) is 14.9 Å². The summed E-state index contributed by atoms with van der Waals surface area (Å²) in [6, 6.07) is 23.3. The van der Waals surface area contributed by atoms with Crippen molar-refractivity contribution in [3.63, 3.8) is 0 Å². The van der Waals surface area contributed by atoms with E-state index in [1.54, 1.807) is 59.5 Å². The molecule has 0 aliphatic carbocycles. The van der Waals surface area contributed by atoms with Crippen molar-refractivity contribution in [2.45, 2.75) is 13.1 Å². The van der Waals surface area contributed by atoms with E-state index in [2.05, 4.69) is 5.32 Å². The predicted molar refractivity (Wildman–Crippen MR) is 125 cm³/mol. The van der Waals surface area contributed by atoms with Gasteiger partial charge in [-0.1, -0.05) is 65.7 Å². The molecule has 2 amide bonds. The Kier molecular flexibility index (Phi) is 6.27. The average molecular weight is 462 g/mol. The van der Waals surface area contributed by atoms with Crippen molar-refractivity contribution in [2.24, 2.45) is 0 Å². The number of nitrogens with one attached hydrogen (secondary N) is 1. The summed E-state index contributed by atoms with van der Waals surface area (Å²) < 4.78 is 0. The maximum Gasteiger partial charge on any atom is 0.263 e. The molecule has 1 N–H and O–H groups in total. The topological polar surface area (TPSA) is 73.2 Å². The van der Waals surface area contributed by atoms with E-state index in [-0.39, 0.29) is 23.6 Å². The van der Waals surface area contributed by atoms with Gasteiger partial charge < -0.3 is 10.2 Å². The second-order valence-electron chi connectivity index (χ2n) is 7.21. The van der Waals surface area contributed by atoms with Crippen molar-refractivity contribution in [1.29, 1.82) is 5.26 Å². The van der Waals surface area contributed by atoms with Gasteiger partial charge in [-0.25, -0.2) is 0 Å². The van der Waals surface area contributed by atoms with Crippen molar-refractivity contribution >= 4 is 46.3 Å². The van der Waals surface area contributed by atoms with Crippen LogP contribution in [0, 0.1) is 11.3 Å². The summed E-state index contributed by atoms with van der Waals surface area (Å²) >= 11 is 11.9. The summed E-state index contributed by atoms with van der Waals surface area (Å²) in [6.45, 7) is 0.500. The molecule has 0 atom stereocenters. The van der Waals surface area contributed by atoms with E-state index in [1.165, 1.54) is 0 Å². The van der Waals surface area contributed by atoms with Gasteiger partial charge in [-0.3, -0.25) is 9.59 Å². The second-order valence-corrected chi connectivity index (χ2v) is 8.08. The van der Waals surface area contributed by atoms with Gasteiger partial charge in [0.2, 0.25) is 0 Å². The van der Waals surface area contributed by atoms with E-state index in [0.29, 0.717) is 27.8 Å². The molecular weight excluding hydrogens is 445 g/mol. The van der Waals surface area contributed by atoms with Crippen LogP contribution in [0.1, 0.15) is 16.7 Å².